The number of rotatable bonds is 8. The van der Waals surface area contributed by atoms with Crippen LogP contribution in [-0.4, -0.2) is 25.2 Å². The van der Waals surface area contributed by atoms with Crippen molar-refractivity contribution in [2.75, 3.05) is 13.2 Å². The van der Waals surface area contributed by atoms with Crippen molar-refractivity contribution in [3.8, 4) is 11.5 Å². The van der Waals surface area contributed by atoms with Gasteiger partial charge in [0.15, 0.2) is 6.10 Å². The van der Waals surface area contributed by atoms with E-state index in [1.807, 2.05) is 50.2 Å². The molecule has 2 aromatic rings. The Hall–Kier alpha value is -2.49. The third-order valence-electron chi connectivity index (χ3n) is 4.42. The molecule has 0 aliphatic rings. The molecule has 0 fully saturated rings. The molecule has 0 bridgehead atoms. The van der Waals surface area contributed by atoms with Crippen molar-refractivity contribution in [3.63, 3.8) is 0 Å². The average Bonchev–Trinajstić information content (AvgIpc) is 2.64. The Morgan fingerprint density at radius 3 is 2.33 bits per heavy atom. The molecule has 0 aromatic heterocycles. The lowest BCUT2D eigenvalue weighted by molar-refractivity contribution is -0.128. The predicted molar refractivity (Wildman–Crippen MR) is 110 cm³/mol. The maximum absolute atomic E-state index is 12.4. The van der Waals surface area contributed by atoms with Gasteiger partial charge in [-0.15, -0.1) is 0 Å². The van der Waals surface area contributed by atoms with Crippen molar-refractivity contribution < 1.29 is 14.3 Å². The van der Waals surface area contributed by atoms with Crippen LogP contribution in [0.15, 0.2) is 48.5 Å². The third-order valence-corrected chi connectivity index (χ3v) is 4.42. The van der Waals surface area contributed by atoms with Crippen LogP contribution in [0, 0.1) is 6.92 Å². The van der Waals surface area contributed by atoms with E-state index in [2.05, 4.69) is 38.2 Å². The van der Waals surface area contributed by atoms with Crippen LogP contribution in [-0.2, 0) is 10.2 Å². The van der Waals surface area contributed by atoms with Crippen molar-refractivity contribution in [2.24, 2.45) is 0 Å². The zero-order chi connectivity index (χ0) is 19.9. The lowest BCUT2D eigenvalue weighted by atomic mass is 9.87. The van der Waals surface area contributed by atoms with Crippen LogP contribution in [0.4, 0.5) is 0 Å². The van der Waals surface area contributed by atoms with Gasteiger partial charge >= 0.3 is 0 Å². The van der Waals surface area contributed by atoms with Gasteiger partial charge in [-0.2, -0.15) is 0 Å². The molecular formula is C23H31NO3. The van der Waals surface area contributed by atoms with Gasteiger partial charge in [0, 0.05) is 0 Å². The second-order valence-electron chi connectivity index (χ2n) is 7.69. The van der Waals surface area contributed by atoms with Crippen LogP contribution in [0.3, 0.4) is 0 Å². The lowest BCUT2D eigenvalue weighted by Gasteiger charge is -2.19. The van der Waals surface area contributed by atoms with E-state index in [0.717, 1.165) is 17.1 Å². The van der Waals surface area contributed by atoms with Crippen LogP contribution in [0.2, 0.25) is 0 Å². The predicted octanol–water partition coefficient (Wildman–Crippen LogP) is 4.65. The molecule has 146 valence electrons. The molecule has 1 N–H and O–H groups in total. The number of nitrogens with one attached hydrogen (secondary N) is 1. The standard InChI is InChI=1S/C23H31NO3/c1-6-20(27-21-10-8-7-9-17(21)2)22(25)24-15-16-26-19-13-11-18(12-14-19)23(3,4)5/h7-14,20H,6,15-16H2,1-5H3,(H,24,25)/t20-/m0/s1. The minimum absolute atomic E-state index is 0.118. The summed E-state index contributed by atoms with van der Waals surface area (Å²) in [4.78, 5) is 12.4. The Labute approximate surface area is 162 Å². The summed E-state index contributed by atoms with van der Waals surface area (Å²) in [5, 5.41) is 2.89. The second-order valence-corrected chi connectivity index (χ2v) is 7.69. The van der Waals surface area contributed by atoms with E-state index in [4.69, 9.17) is 9.47 Å². The quantitative estimate of drug-likeness (QED) is 0.689. The Morgan fingerprint density at radius 2 is 1.74 bits per heavy atom. The number of hydrogen-bond donors (Lipinski definition) is 1. The number of amides is 1. The summed E-state index contributed by atoms with van der Waals surface area (Å²) >= 11 is 0. The summed E-state index contributed by atoms with van der Waals surface area (Å²) in [5.41, 5.74) is 2.41. The van der Waals surface area contributed by atoms with Crippen LogP contribution >= 0.6 is 0 Å². The normalized spacial score (nSPS) is 12.3. The van der Waals surface area contributed by atoms with Crippen LogP contribution in [0.1, 0.15) is 45.2 Å². The first-order chi connectivity index (χ1) is 12.8. The van der Waals surface area contributed by atoms with E-state index in [0.29, 0.717) is 19.6 Å². The molecule has 2 rings (SSSR count). The minimum atomic E-state index is -0.503. The number of benzene rings is 2. The number of ether oxygens (including phenoxy) is 2. The number of para-hydroxylation sites is 1. The molecule has 0 saturated carbocycles. The highest BCUT2D eigenvalue weighted by atomic mass is 16.5. The molecule has 1 atom stereocenters. The third kappa shape index (κ3) is 6.31. The summed E-state index contributed by atoms with van der Waals surface area (Å²) in [6.45, 7) is 11.3. The van der Waals surface area contributed by atoms with Gasteiger partial charge in [-0.1, -0.05) is 58.0 Å². The summed E-state index contributed by atoms with van der Waals surface area (Å²) < 4.78 is 11.6. The zero-order valence-corrected chi connectivity index (χ0v) is 17.0. The fraction of sp³-hybridized carbons (Fsp3) is 0.435. The fourth-order valence-electron chi connectivity index (χ4n) is 2.67. The summed E-state index contributed by atoms with van der Waals surface area (Å²) in [6, 6.07) is 15.8. The van der Waals surface area contributed by atoms with Gasteiger partial charge in [0.1, 0.15) is 18.1 Å². The highest BCUT2D eigenvalue weighted by Crippen LogP contribution is 2.24. The average molecular weight is 370 g/mol. The maximum Gasteiger partial charge on any atom is 0.261 e. The molecule has 27 heavy (non-hydrogen) atoms. The van der Waals surface area contributed by atoms with E-state index in [9.17, 15) is 4.79 Å². The van der Waals surface area contributed by atoms with Crippen LogP contribution < -0.4 is 14.8 Å². The van der Waals surface area contributed by atoms with Gasteiger partial charge in [-0.05, 0) is 48.1 Å². The maximum atomic E-state index is 12.4. The van der Waals surface area contributed by atoms with E-state index in [1.54, 1.807) is 0 Å². The Bertz CT molecular complexity index is 732. The van der Waals surface area contributed by atoms with Gasteiger partial charge in [0.05, 0.1) is 6.54 Å². The highest BCUT2D eigenvalue weighted by molar-refractivity contribution is 5.81. The molecule has 4 heteroatoms. The first kappa shape index (κ1) is 20.8. The van der Waals surface area contributed by atoms with Gasteiger partial charge in [-0.3, -0.25) is 4.79 Å². The summed E-state index contributed by atoms with van der Waals surface area (Å²) in [6.07, 6.45) is 0.104. The summed E-state index contributed by atoms with van der Waals surface area (Å²) in [7, 11) is 0. The zero-order valence-electron chi connectivity index (χ0n) is 17.0. The molecular weight excluding hydrogens is 338 g/mol. The smallest absolute Gasteiger partial charge is 0.261 e. The fourth-order valence-corrected chi connectivity index (χ4v) is 2.67. The monoisotopic (exact) mass is 369 g/mol. The number of carbonyl (C=O) groups is 1. The van der Waals surface area contributed by atoms with Gasteiger partial charge in [-0.25, -0.2) is 0 Å². The molecule has 0 heterocycles. The largest absolute Gasteiger partial charge is 0.492 e. The van der Waals surface area contributed by atoms with Crippen LogP contribution in [0.25, 0.3) is 0 Å². The molecule has 1 amide bonds. The first-order valence-corrected chi connectivity index (χ1v) is 9.54. The second kappa shape index (κ2) is 9.45. The molecule has 2 aromatic carbocycles. The van der Waals surface area contributed by atoms with Crippen molar-refractivity contribution in [1.82, 2.24) is 5.32 Å². The molecule has 0 aliphatic carbocycles. The Morgan fingerprint density at radius 1 is 1.07 bits per heavy atom. The van der Waals surface area contributed by atoms with E-state index in [-0.39, 0.29) is 11.3 Å². The SMILES string of the molecule is CC[C@H](Oc1ccccc1C)C(=O)NCCOc1ccc(C(C)(C)C)cc1. The van der Waals surface area contributed by atoms with E-state index in [1.165, 1.54) is 5.56 Å². The van der Waals surface area contributed by atoms with Gasteiger partial charge in [0.25, 0.3) is 5.91 Å². The highest BCUT2D eigenvalue weighted by Gasteiger charge is 2.18. The molecule has 0 saturated heterocycles. The number of hydrogen-bond acceptors (Lipinski definition) is 3. The minimum Gasteiger partial charge on any atom is -0.492 e. The molecule has 0 aliphatic heterocycles. The van der Waals surface area contributed by atoms with Crippen molar-refractivity contribution >= 4 is 5.91 Å². The summed E-state index contributed by atoms with van der Waals surface area (Å²) in [5.74, 6) is 1.43. The lowest BCUT2D eigenvalue weighted by Crippen LogP contribution is -2.39. The number of carbonyl (C=O) groups excluding carboxylic acids is 1. The van der Waals surface area contributed by atoms with E-state index >= 15 is 0 Å². The molecule has 0 spiro atoms. The van der Waals surface area contributed by atoms with Crippen molar-refractivity contribution in [2.45, 2.75) is 52.6 Å². The van der Waals surface area contributed by atoms with Crippen LogP contribution in [0.5, 0.6) is 11.5 Å². The molecule has 0 radical (unpaired) electrons. The van der Waals surface area contributed by atoms with E-state index < -0.39 is 6.10 Å². The number of aryl methyl sites for hydroxylation is 1. The first-order valence-electron chi connectivity index (χ1n) is 9.54. The van der Waals surface area contributed by atoms with Gasteiger partial charge < -0.3 is 14.8 Å². The van der Waals surface area contributed by atoms with Gasteiger partial charge in [0.2, 0.25) is 0 Å². The van der Waals surface area contributed by atoms with Crippen molar-refractivity contribution in [1.29, 1.82) is 0 Å². The Kier molecular flexibility index (Phi) is 7.28. The molecule has 0 unspecified atom stereocenters. The van der Waals surface area contributed by atoms with Crippen molar-refractivity contribution in [3.05, 3.63) is 59.7 Å². The Balaban J connectivity index is 1.78. The molecule has 4 nitrogen and oxygen atoms in total. The topological polar surface area (TPSA) is 47.6 Å².